The lowest BCUT2D eigenvalue weighted by Gasteiger charge is -2.09. The van der Waals surface area contributed by atoms with Crippen molar-refractivity contribution in [2.24, 2.45) is 0 Å². The van der Waals surface area contributed by atoms with Gasteiger partial charge in [0, 0.05) is 4.47 Å². The van der Waals surface area contributed by atoms with Crippen molar-refractivity contribution in [3.63, 3.8) is 0 Å². The summed E-state index contributed by atoms with van der Waals surface area (Å²) < 4.78 is 69.3. The minimum atomic E-state index is -5.08. The predicted octanol–water partition coefficient (Wildman–Crippen LogP) is 2.61. The van der Waals surface area contributed by atoms with E-state index >= 15 is 0 Å². The molecule has 0 heterocycles. The lowest BCUT2D eigenvalue weighted by molar-refractivity contribution is -0.167. The van der Waals surface area contributed by atoms with Crippen molar-refractivity contribution in [3.05, 3.63) is 22.7 Å². The van der Waals surface area contributed by atoms with Crippen molar-refractivity contribution in [2.75, 3.05) is 5.32 Å². The fourth-order valence-corrected chi connectivity index (χ4v) is 2.06. The molecule has 0 spiro atoms. The molecule has 1 aromatic rings. The van der Waals surface area contributed by atoms with Gasteiger partial charge in [-0.05, 0) is 34.1 Å². The second kappa shape index (κ2) is 4.84. The second-order valence-corrected chi connectivity index (χ2v) is 5.23. The molecule has 0 saturated heterocycles. The fourth-order valence-electron chi connectivity index (χ4n) is 0.942. The average Bonchev–Trinajstić information content (AvgIpc) is 2.17. The van der Waals surface area contributed by atoms with Gasteiger partial charge in [0.1, 0.15) is 0 Å². The third kappa shape index (κ3) is 3.67. The molecule has 18 heavy (non-hydrogen) atoms. The van der Waals surface area contributed by atoms with Gasteiger partial charge in [0.25, 0.3) is 0 Å². The van der Waals surface area contributed by atoms with Crippen LogP contribution in [0, 0.1) is 0 Å². The summed E-state index contributed by atoms with van der Waals surface area (Å²) >= 11 is 2.72. The van der Waals surface area contributed by atoms with E-state index in [4.69, 9.17) is 0 Å². The molecule has 100 valence electrons. The Morgan fingerprint density at radius 3 is 2.22 bits per heavy atom. The first-order chi connectivity index (χ1) is 8.01. The van der Waals surface area contributed by atoms with E-state index in [-0.39, 0.29) is 10.2 Å². The minimum Gasteiger partial charge on any atom is -0.317 e. The van der Waals surface area contributed by atoms with Gasteiger partial charge >= 0.3 is 22.3 Å². The summed E-state index contributed by atoms with van der Waals surface area (Å²) in [5, 5.41) is 1.50. The zero-order valence-corrected chi connectivity index (χ0v) is 10.7. The first kappa shape index (κ1) is 14.9. The fraction of sp³-hybridized carbons (Fsp3) is 0.125. The van der Waals surface area contributed by atoms with Gasteiger partial charge in [0.15, 0.2) is 0 Å². The highest BCUT2D eigenvalue weighted by atomic mass is 79.9. The highest BCUT2D eigenvalue weighted by molar-refractivity contribution is 9.10. The zero-order valence-electron chi connectivity index (χ0n) is 8.25. The monoisotopic (exact) mass is 349 g/mol. The Kier molecular flexibility index (Phi) is 4.01. The largest absolute Gasteiger partial charge is 0.471 e. The van der Waals surface area contributed by atoms with Crippen molar-refractivity contribution in [2.45, 2.75) is 11.1 Å². The average molecular weight is 350 g/mol. The summed E-state index contributed by atoms with van der Waals surface area (Å²) in [4.78, 5) is 9.88. The Morgan fingerprint density at radius 2 is 1.83 bits per heavy atom. The Balaban J connectivity index is 3.05. The minimum absolute atomic E-state index is 0.196. The number of alkyl halides is 3. The van der Waals surface area contributed by atoms with Gasteiger partial charge in [-0.2, -0.15) is 21.6 Å². The van der Waals surface area contributed by atoms with Gasteiger partial charge in [-0.3, -0.25) is 4.79 Å². The maximum absolute atomic E-state index is 12.6. The molecule has 0 aliphatic rings. The van der Waals surface area contributed by atoms with Crippen LogP contribution in [-0.4, -0.2) is 20.5 Å². The van der Waals surface area contributed by atoms with Crippen LogP contribution in [0.1, 0.15) is 0 Å². The molecular formula is C8H4BrF4NO3S. The SMILES string of the molecule is O=C(Nc1ccc(S(=O)(=O)F)cc1Br)C(F)(F)F. The molecule has 10 heteroatoms. The van der Waals surface area contributed by atoms with Crippen LogP contribution in [0.4, 0.5) is 22.7 Å². The van der Waals surface area contributed by atoms with E-state index < -0.39 is 27.2 Å². The molecular weight excluding hydrogens is 346 g/mol. The van der Waals surface area contributed by atoms with Gasteiger partial charge in [-0.25, -0.2) is 0 Å². The maximum Gasteiger partial charge on any atom is 0.471 e. The van der Waals surface area contributed by atoms with Crippen LogP contribution in [0.3, 0.4) is 0 Å². The van der Waals surface area contributed by atoms with Gasteiger partial charge in [-0.15, -0.1) is 3.89 Å². The molecule has 0 aromatic heterocycles. The number of hydrogen-bond acceptors (Lipinski definition) is 3. The van der Waals surface area contributed by atoms with Crippen LogP contribution in [-0.2, 0) is 15.0 Å². The Bertz CT molecular complexity index is 584. The van der Waals surface area contributed by atoms with Crippen molar-refractivity contribution < 1.29 is 30.3 Å². The summed E-state index contributed by atoms with van der Waals surface area (Å²) in [5.41, 5.74) is -0.329. The summed E-state index contributed by atoms with van der Waals surface area (Å²) in [5.74, 6) is -2.22. The molecule has 1 amide bonds. The predicted molar refractivity (Wildman–Crippen MR) is 57.1 cm³/mol. The van der Waals surface area contributed by atoms with E-state index in [1.807, 2.05) is 0 Å². The molecule has 0 bridgehead atoms. The number of rotatable bonds is 2. The van der Waals surface area contributed by atoms with E-state index in [1.165, 1.54) is 5.32 Å². The molecule has 4 nitrogen and oxygen atoms in total. The number of nitrogens with one attached hydrogen (secondary N) is 1. The van der Waals surface area contributed by atoms with Crippen LogP contribution in [0.5, 0.6) is 0 Å². The molecule has 0 aliphatic heterocycles. The normalized spacial score (nSPS) is 12.3. The molecule has 1 rings (SSSR count). The molecule has 1 aromatic carbocycles. The first-order valence-electron chi connectivity index (χ1n) is 4.14. The molecule has 0 atom stereocenters. The van der Waals surface area contributed by atoms with E-state index in [0.717, 1.165) is 18.2 Å². The number of carbonyl (C=O) groups excluding carboxylic acids is 1. The third-order valence-corrected chi connectivity index (χ3v) is 3.20. The van der Waals surface area contributed by atoms with Gasteiger partial charge < -0.3 is 5.32 Å². The topological polar surface area (TPSA) is 63.2 Å². The van der Waals surface area contributed by atoms with Crippen molar-refractivity contribution in [1.82, 2.24) is 0 Å². The summed E-state index contributed by atoms with van der Waals surface area (Å²) in [6, 6.07) is 2.30. The Morgan fingerprint density at radius 1 is 1.28 bits per heavy atom. The van der Waals surface area contributed by atoms with Crippen LogP contribution < -0.4 is 5.32 Å². The van der Waals surface area contributed by atoms with Crippen LogP contribution in [0.15, 0.2) is 27.6 Å². The van der Waals surface area contributed by atoms with Gasteiger partial charge in [0.05, 0.1) is 10.6 Å². The Labute approximate surface area is 107 Å². The molecule has 0 fully saturated rings. The quantitative estimate of drug-likeness (QED) is 0.659. The van der Waals surface area contributed by atoms with Crippen molar-refractivity contribution in [3.8, 4) is 0 Å². The van der Waals surface area contributed by atoms with E-state index in [9.17, 15) is 30.3 Å². The third-order valence-electron chi connectivity index (χ3n) is 1.73. The summed E-state index contributed by atoms with van der Waals surface area (Å²) in [6.45, 7) is 0. The number of hydrogen-bond donors (Lipinski definition) is 1. The first-order valence-corrected chi connectivity index (χ1v) is 6.32. The number of halogens is 5. The lowest BCUT2D eigenvalue weighted by atomic mass is 10.3. The maximum atomic E-state index is 12.6. The Hall–Kier alpha value is -1.16. The second-order valence-electron chi connectivity index (χ2n) is 3.03. The molecule has 0 radical (unpaired) electrons. The van der Waals surface area contributed by atoms with Crippen LogP contribution in [0.2, 0.25) is 0 Å². The van der Waals surface area contributed by atoms with E-state index in [0.29, 0.717) is 0 Å². The molecule has 1 N–H and O–H groups in total. The number of anilines is 1. The molecule has 0 unspecified atom stereocenters. The number of benzene rings is 1. The lowest BCUT2D eigenvalue weighted by Crippen LogP contribution is -2.30. The van der Waals surface area contributed by atoms with E-state index in [2.05, 4.69) is 15.9 Å². The number of carbonyl (C=O) groups is 1. The van der Waals surface area contributed by atoms with Gasteiger partial charge in [0.2, 0.25) is 0 Å². The van der Waals surface area contributed by atoms with E-state index in [1.54, 1.807) is 0 Å². The van der Waals surface area contributed by atoms with Crippen LogP contribution >= 0.6 is 15.9 Å². The number of amides is 1. The van der Waals surface area contributed by atoms with Crippen molar-refractivity contribution in [1.29, 1.82) is 0 Å². The smallest absolute Gasteiger partial charge is 0.317 e. The van der Waals surface area contributed by atoms with Crippen molar-refractivity contribution >= 4 is 37.7 Å². The standard InChI is InChI=1S/C8H4BrF4NO3S/c9-5-3-4(18(13,16)17)1-2-6(5)14-7(15)8(10,11)12/h1-3H,(H,14,15). The van der Waals surface area contributed by atoms with Crippen LogP contribution in [0.25, 0.3) is 0 Å². The summed E-state index contributed by atoms with van der Waals surface area (Å²) in [6.07, 6.45) is -5.08. The molecule has 0 aliphatic carbocycles. The highest BCUT2D eigenvalue weighted by Gasteiger charge is 2.38. The van der Waals surface area contributed by atoms with Gasteiger partial charge in [-0.1, -0.05) is 0 Å². The molecule has 0 saturated carbocycles. The highest BCUT2D eigenvalue weighted by Crippen LogP contribution is 2.28. The zero-order chi connectivity index (χ0) is 14.1. The summed E-state index contributed by atoms with van der Waals surface area (Å²) in [7, 11) is -4.96.